The molecule has 0 radical (unpaired) electrons. The molecule has 0 aromatic rings. The number of rotatable bonds is 11. The molecule has 0 aromatic carbocycles. The quantitative estimate of drug-likeness (QED) is 0.475. The van der Waals surface area contributed by atoms with Crippen LogP contribution in [0.1, 0.15) is 59.3 Å². The van der Waals surface area contributed by atoms with Crippen LogP contribution in [0.4, 0.5) is 0 Å². The Morgan fingerprint density at radius 1 is 1.46 bits per heavy atom. The zero-order chi connectivity index (χ0) is 17.9. The molecule has 0 fully saturated rings. The SMILES string of the molecule is CCCCSC(C)CC1=C(O)C(CC(C)OC/C=C/Cl)CCC1=O. The number of carbonyl (C=O) groups excluding carboxylic acids is 1. The molecule has 1 aliphatic carbocycles. The Bertz CT molecular complexity index is 448. The Morgan fingerprint density at radius 3 is 2.88 bits per heavy atom. The fourth-order valence-corrected chi connectivity index (χ4v) is 4.15. The third kappa shape index (κ3) is 7.62. The van der Waals surface area contributed by atoms with Gasteiger partial charge < -0.3 is 9.84 Å². The summed E-state index contributed by atoms with van der Waals surface area (Å²) in [5.74, 6) is 1.56. The first-order valence-electron chi connectivity index (χ1n) is 8.93. The van der Waals surface area contributed by atoms with Gasteiger partial charge in [-0.1, -0.05) is 31.9 Å². The van der Waals surface area contributed by atoms with Crippen molar-refractivity contribution in [1.29, 1.82) is 0 Å². The standard InChI is InChI=1S/C19H31ClO3S/c1-4-5-11-24-15(3)13-17-18(21)8-7-16(19(17)22)12-14(2)23-10-6-9-20/h6,9,14-16,22H,4-5,7-8,10-13H2,1-3H3/b9-6+. The second-order valence-corrected chi connectivity index (χ2v) is 8.30. The van der Waals surface area contributed by atoms with Gasteiger partial charge >= 0.3 is 0 Å². The highest BCUT2D eigenvalue weighted by atomic mass is 35.5. The van der Waals surface area contributed by atoms with Crippen molar-refractivity contribution in [2.75, 3.05) is 12.4 Å². The van der Waals surface area contributed by atoms with Crippen LogP contribution < -0.4 is 0 Å². The maximum absolute atomic E-state index is 12.2. The van der Waals surface area contributed by atoms with Crippen molar-refractivity contribution in [3.8, 4) is 0 Å². The van der Waals surface area contributed by atoms with E-state index in [4.69, 9.17) is 16.3 Å². The molecule has 3 nitrogen and oxygen atoms in total. The van der Waals surface area contributed by atoms with Gasteiger partial charge in [0.2, 0.25) is 0 Å². The molecule has 0 amide bonds. The Morgan fingerprint density at radius 2 is 2.21 bits per heavy atom. The van der Waals surface area contributed by atoms with Gasteiger partial charge in [0.15, 0.2) is 5.78 Å². The Kier molecular flexibility index (Phi) is 10.8. The van der Waals surface area contributed by atoms with Crippen molar-refractivity contribution >= 4 is 29.1 Å². The number of unbranched alkanes of at least 4 members (excludes halogenated alkanes) is 1. The lowest BCUT2D eigenvalue weighted by Gasteiger charge is -2.27. The van der Waals surface area contributed by atoms with E-state index < -0.39 is 0 Å². The Labute approximate surface area is 155 Å². The van der Waals surface area contributed by atoms with Crippen LogP contribution in [0.15, 0.2) is 22.9 Å². The predicted octanol–water partition coefficient (Wildman–Crippen LogP) is 5.64. The topological polar surface area (TPSA) is 46.5 Å². The fourth-order valence-electron chi connectivity index (χ4n) is 2.93. The van der Waals surface area contributed by atoms with E-state index in [-0.39, 0.29) is 17.8 Å². The number of carbonyl (C=O) groups is 1. The lowest BCUT2D eigenvalue weighted by molar-refractivity contribution is -0.117. The first-order chi connectivity index (χ1) is 11.5. The van der Waals surface area contributed by atoms with E-state index in [1.54, 1.807) is 6.08 Å². The summed E-state index contributed by atoms with van der Waals surface area (Å²) < 4.78 is 5.65. The number of hydrogen-bond donors (Lipinski definition) is 1. The molecular weight excluding hydrogens is 344 g/mol. The minimum absolute atomic E-state index is 0.0239. The molecular formula is C19H31ClO3S. The van der Waals surface area contributed by atoms with Gasteiger partial charge in [-0.3, -0.25) is 4.79 Å². The fraction of sp³-hybridized carbons (Fsp3) is 0.737. The van der Waals surface area contributed by atoms with Crippen LogP contribution in [0.2, 0.25) is 0 Å². The molecule has 138 valence electrons. The first-order valence-corrected chi connectivity index (χ1v) is 10.4. The molecule has 0 heterocycles. The predicted molar refractivity (Wildman–Crippen MR) is 104 cm³/mol. The molecule has 1 N–H and O–H groups in total. The minimum atomic E-state index is 0.0239. The summed E-state index contributed by atoms with van der Waals surface area (Å²) >= 11 is 7.37. The van der Waals surface area contributed by atoms with Gasteiger partial charge in [-0.25, -0.2) is 0 Å². The summed E-state index contributed by atoms with van der Waals surface area (Å²) in [6, 6.07) is 0. The van der Waals surface area contributed by atoms with Crippen LogP contribution in [0.25, 0.3) is 0 Å². The van der Waals surface area contributed by atoms with Crippen molar-refractivity contribution in [1.82, 2.24) is 0 Å². The van der Waals surface area contributed by atoms with Crippen LogP contribution in [0.3, 0.4) is 0 Å². The van der Waals surface area contributed by atoms with E-state index in [1.165, 1.54) is 18.4 Å². The lowest BCUT2D eigenvalue weighted by atomic mass is 9.83. The molecule has 0 spiro atoms. The van der Waals surface area contributed by atoms with E-state index in [1.807, 2.05) is 18.7 Å². The molecule has 5 heteroatoms. The number of Topliss-reactive ketones (excluding diaryl/α,β-unsaturated/α-hetero) is 1. The second kappa shape index (κ2) is 12.0. The van der Waals surface area contributed by atoms with Crippen molar-refractivity contribution in [3.05, 3.63) is 22.9 Å². The molecule has 0 aliphatic heterocycles. The van der Waals surface area contributed by atoms with Gasteiger partial charge in [0.1, 0.15) is 5.76 Å². The number of hydrogen-bond acceptors (Lipinski definition) is 4. The summed E-state index contributed by atoms with van der Waals surface area (Å²) in [4.78, 5) is 12.2. The van der Waals surface area contributed by atoms with Crippen LogP contribution in [0.5, 0.6) is 0 Å². The molecule has 3 atom stereocenters. The molecule has 0 saturated heterocycles. The van der Waals surface area contributed by atoms with E-state index >= 15 is 0 Å². The molecule has 0 aromatic heterocycles. The van der Waals surface area contributed by atoms with Gasteiger partial charge in [-0.2, -0.15) is 11.8 Å². The number of ketones is 1. The second-order valence-electron chi connectivity index (χ2n) is 6.50. The molecule has 24 heavy (non-hydrogen) atoms. The van der Waals surface area contributed by atoms with E-state index in [0.717, 1.165) is 12.2 Å². The summed E-state index contributed by atoms with van der Waals surface area (Å²) in [5.41, 5.74) is 2.09. The van der Waals surface area contributed by atoms with Gasteiger partial charge in [0.25, 0.3) is 0 Å². The maximum atomic E-state index is 12.2. The average Bonchev–Trinajstić information content (AvgIpc) is 2.55. The molecule has 1 aliphatic rings. The number of allylic oxidation sites excluding steroid dienone is 2. The first kappa shape index (κ1) is 21.6. The number of thioether (sulfide) groups is 1. The molecule has 3 unspecified atom stereocenters. The summed E-state index contributed by atoms with van der Waals surface area (Å²) in [5, 5.41) is 11.0. The maximum Gasteiger partial charge on any atom is 0.162 e. The van der Waals surface area contributed by atoms with Crippen molar-refractivity contribution in [2.24, 2.45) is 5.92 Å². The number of halogens is 1. The Balaban J connectivity index is 2.61. The minimum Gasteiger partial charge on any atom is -0.512 e. The van der Waals surface area contributed by atoms with Crippen molar-refractivity contribution in [2.45, 2.75) is 70.7 Å². The lowest BCUT2D eigenvalue weighted by Crippen LogP contribution is -2.25. The van der Waals surface area contributed by atoms with Crippen molar-refractivity contribution in [3.63, 3.8) is 0 Å². The van der Waals surface area contributed by atoms with Gasteiger partial charge in [0, 0.05) is 28.7 Å². The van der Waals surface area contributed by atoms with Gasteiger partial charge in [0.05, 0.1) is 12.7 Å². The van der Waals surface area contributed by atoms with Crippen molar-refractivity contribution < 1.29 is 14.6 Å². The number of aliphatic hydroxyl groups is 1. The third-order valence-corrected chi connectivity index (χ3v) is 5.76. The highest BCUT2D eigenvalue weighted by molar-refractivity contribution is 7.99. The smallest absolute Gasteiger partial charge is 0.162 e. The Hall–Kier alpha value is -0.450. The number of aliphatic hydroxyl groups excluding tert-OH is 1. The largest absolute Gasteiger partial charge is 0.512 e. The molecule has 0 saturated carbocycles. The van der Waals surface area contributed by atoms with Crippen LogP contribution in [0, 0.1) is 5.92 Å². The highest BCUT2D eigenvalue weighted by Gasteiger charge is 2.30. The van der Waals surface area contributed by atoms with E-state index in [2.05, 4.69) is 13.8 Å². The summed E-state index contributed by atoms with van der Waals surface area (Å²) in [6.45, 7) is 6.79. The summed E-state index contributed by atoms with van der Waals surface area (Å²) in [6.07, 6.45) is 6.80. The summed E-state index contributed by atoms with van der Waals surface area (Å²) in [7, 11) is 0. The molecule has 0 bridgehead atoms. The normalized spacial score (nSPS) is 21.5. The van der Waals surface area contributed by atoms with E-state index in [9.17, 15) is 9.90 Å². The van der Waals surface area contributed by atoms with Gasteiger partial charge in [-0.15, -0.1) is 0 Å². The number of ether oxygens (including phenoxy) is 1. The van der Waals surface area contributed by atoms with Crippen LogP contribution >= 0.6 is 23.4 Å². The van der Waals surface area contributed by atoms with Crippen LogP contribution in [-0.2, 0) is 9.53 Å². The molecule has 1 rings (SSSR count). The van der Waals surface area contributed by atoms with E-state index in [0.29, 0.717) is 42.5 Å². The van der Waals surface area contributed by atoms with Gasteiger partial charge in [-0.05, 0) is 44.4 Å². The zero-order valence-electron chi connectivity index (χ0n) is 15.1. The van der Waals surface area contributed by atoms with Crippen LogP contribution in [-0.4, -0.2) is 34.6 Å². The highest BCUT2D eigenvalue weighted by Crippen LogP contribution is 2.34. The zero-order valence-corrected chi connectivity index (χ0v) is 16.7. The average molecular weight is 375 g/mol. The third-order valence-electron chi connectivity index (χ3n) is 4.33. The monoisotopic (exact) mass is 374 g/mol.